The molecule has 0 aliphatic carbocycles. The maximum Gasteiger partial charge on any atom is 0.224 e. The zero-order valence-corrected chi connectivity index (χ0v) is 12.9. The van der Waals surface area contributed by atoms with Crippen molar-refractivity contribution >= 4 is 5.91 Å². The molecule has 0 saturated heterocycles. The van der Waals surface area contributed by atoms with Gasteiger partial charge in [0.05, 0.1) is 6.04 Å². The number of rotatable bonds is 7. The van der Waals surface area contributed by atoms with E-state index in [1.807, 2.05) is 38.7 Å². The molecule has 0 aliphatic heterocycles. The number of nitrogens with zero attached hydrogens (tertiary/aromatic N) is 1. The topological polar surface area (TPSA) is 52.6 Å². The van der Waals surface area contributed by atoms with Crippen LogP contribution in [0.15, 0.2) is 24.3 Å². The largest absolute Gasteiger partial charge is 0.508 e. The SMILES string of the molecule is CCNC(C)CC(=O)N(CC)C(C)c1cccc(O)c1. The molecular formula is C16H26N2O2. The van der Waals surface area contributed by atoms with Crippen molar-refractivity contribution in [3.63, 3.8) is 0 Å². The number of benzene rings is 1. The molecule has 0 bridgehead atoms. The fourth-order valence-electron chi connectivity index (χ4n) is 2.43. The van der Waals surface area contributed by atoms with Gasteiger partial charge in [-0.2, -0.15) is 0 Å². The number of carbonyl (C=O) groups is 1. The molecule has 0 saturated carbocycles. The molecule has 20 heavy (non-hydrogen) atoms. The van der Waals surface area contributed by atoms with Crippen molar-refractivity contribution < 1.29 is 9.90 Å². The van der Waals surface area contributed by atoms with Gasteiger partial charge < -0.3 is 15.3 Å². The molecule has 2 N–H and O–H groups in total. The van der Waals surface area contributed by atoms with E-state index < -0.39 is 0 Å². The predicted molar refractivity (Wildman–Crippen MR) is 81.7 cm³/mol. The third kappa shape index (κ3) is 4.53. The van der Waals surface area contributed by atoms with Crippen molar-refractivity contribution in [1.82, 2.24) is 10.2 Å². The Morgan fingerprint density at radius 2 is 2.05 bits per heavy atom. The number of aromatic hydroxyl groups is 1. The highest BCUT2D eigenvalue weighted by Gasteiger charge is 2.21. The summed E-state index contributed by atoms with van der Waals surface area (Å²) in [6, 6.07) is 7.25. The first-order chi connectivity index (χ1) is 9.49. The van der Waals surface area contributed by atoms with E-state index in [0.29, 0.717) is 13.0 Å². The lowest BCUT2D eigenvalue weighted by Gasteiger charge is -2.29. The molecule has 2 unspecified atom stereocenters. The maximum atomic E-state index is 12.4. The molecule has 1 aromatic carbocycles. The van der Waals surface area contributed by atoms with Gasteiger partial charge in [0, 0.05) is 19.0 Å². The van der Waals surface area contributed by atoms with Crippen LogP contribution in [-0.4, -0.2) is 35.0 Å². The summed E-state index contributed by atoms with van der Waals surface area (Å²) in [4.78, 5) is 14.2. The molecule has 4 heteroatoms. The van der Waals surface area contributed by atoms with Crippen molar-refractivity contribution in [2.24, 2.45) is 0 Å². The van der Waals surface area contributed by atoms with Gasteiger partial charge in [0.15, 0.2) is 0 Å². The minimum absolute atomic E-state index is 0.0339. The molecular weight excluding hydrogens is 252 g/mol. The summed E-state index contributed by atoms with van der Waals surface area (Å²) in [6.07, 6.45) is 0.491. The molecule has 1 aromatic rings. The number of phenols is 1. The summed E-state index contributed by atoms with van der Waals surface area (Å²) in [6.45, 7) is 9.56. The van der Waals surface area contributed by atoms with Crippen LogP contribution in [0.3, 0.4) is 0 Å². The third-order valence-corrected chi connectivity index (χ3v) is 3.51. The number of amides is 1. The normalized spacial score (nSPS) is 13.8. The van der Waals surface area contributed by atoms with Crippen LogP contribution in [0.1, 0.15) is 45.7 Å². The van der Waals surface area contributed by atoms with Crippen LogP contribution in [0.25, 0.3) is 0 Å². The summed E-state index contributed by atoms with van der Waals surface area (Å²) in [5.41, 5.74) is 0.955. The fraction of sp³-hybridized carbons (Fsp3) is 0.562. The molecule has 4 nitrogen and oxygen atoms in total. The molecule has 0 radical (unpaired) electrons. The minimum atomic E-state index is -0.0339. The van der Waals surface area contributed by atoms with E-state index >= 15 is 0 Å². The van der Waals surface area contributed by atoms with Crippen molar-refractivity contribution in [2.75, 3.05) is 13.1 Å². The van der Waals surface area contributed by atoms with E-state index in [0.717, 1.165) is 12.1 Å². The average Bonchev–Trinajstić information content (AvgIpc) is 2.39. The second kappa shape index (κ2) is 7.90. The molecule has 1 amide bonds. The molecule has 0 spiro atoms. The second-order valence-corrected chi connectivity index (χ2v) is 5.11. The van der Waals surface area contributed by atoms with E-state index in [4.69, 9.17) is 0 Å². The molecule has 0 aliphatic rings. The number of carbonyl (C=O) groups excluding carboxylic acids is 1. The van der Waals surface area contributed by atoms with E-state index in [2.05, 4.69) is 5.32 Å². The van der Waals surface area contributed by atoms with Crippen molar-refractivity contribution in [2.45, 2.75) is 46.2 Å². The van der Waals surface area contributed by atoms with E-state index in [1.54, 1.807) is 18.2 Å². The zero-order valence-electron chi connectivity index (χ0n) is 12.9. The predicted octanol–water partition coefficient (Wildman–Crippen LogP) is 2.69. The van der Waals surface area contributed by atoms with Crippen LogP contribution in [0.2, 0.25) is 0 Å². The number of nitrogens with one attached hydrogen (secondary N) is 1. The first-order valence-corrected chi connectivity index (χ1v) is 7.31. The Morgan fingerprint density at radius 1 is 1.35 bits per heavy atom. The highest BCUT2D eigenvalue weighted by atomic mass is 16.3. The summed E-state index contributed by atoms with van der Waals surface area (Å²) >= 11 is 0. The van der Waals surface area contributed by atoms with Gasteiger partial charge in [-0.25, -0.2) is 0 Å². The van der Waals surface area contributed by atoms with Gasteiger partial charge in [0.2, 0.25) is 5.91 Å². The van der Waals surface area contributed by atoms with Crippen LogP contribution in [-0.2, 0) is 4.79 Å². The number of phenolic OH excluding ortho intramolecular Hbond substituents is 1. The Labute approximate surface area is 121 Å². The Hall–Kier alpha value is -1.55. The van der Waals surface area contributed by atoms with E-state index in [-0.39, 0.29) is 23.7 Å². The average molecular weight is 278 g/mol. The second-order valence-electron chi connectivity index (χ2n) is 5.11. The van der Waals surface area contributed by atoms with Crippen molar-refractivity contribution in [3.05, 3.63) is 29.8 Å². The Morgan fingerprint density at radius 3 is 2.60 bits per heavy atom. The number of hydrogen-bond acceptors (Lipinski definition) is 3. The first kappa shape index (κ1) is 16.5. The molecule has 112 valence electrons. The summed E-state index contributed by atoms with van der Waals surface area (Å²) < 4.78 is 0. The molecule has 1 rings (SSSR count). The highest BCUT2D eigenvalue weighted by Crippen LogP contribution is 2.24. The Bertz CT molecular complexity index is 434. The Balaban J connectivity index is 2.76. The lowest BCUT2D eigenvalue weighted by molar-refractivity contribution is -0.133. The van der Waals surface area contributed by atoms with Gasteiger partial charge in [0.25, 0.3) is 0 Å². The van der Waals surface area contributed by atoms with Crippen LogP contribution in [0.5, 0.6) is 5.75 Å². The van der Waals surface area contributed by atoms with Gasteiger partial charge >= 0.3 is 0 Å². The summed E-state index contributed by atoms with van der Waals surface area (Å²) in [5.74, 6) is 0.371. The van der Waals surface area contributed by atoms with Gasteiger partial charge in [-0.05, 0) is 45.0 Å². The van der Waals surface area contributed by atoms with Crippen molar-refractivity contribution in [3.8, 4) is 5.75 Å². The smallest absolute Gasteiger partial charge is 0.224 e. The summed E-state index contributed by atoms with van der Waals surface area (Å²) in [5, 5.41) is 12.8. The molecule has 0 fully saturated rings. The van der Waals surface area contributed by atoms with E-state index in [1.165, 1.54) is 0 Å². The maximum absolute atomic E-state index is 12.4. The van der Waals surface area contributed by atoms with Crippen LogP contribution in [0, 0.1) is 0 Å². The lowest BCUT2D eigenvalue weighted by atomic mass is 10.1. The van der Waals surface area contributed by atoms with Gasteiger partial charge in [-0.1, -0.05) is 19.1 Å². The monoisotopic (exact) mass is 278 g/mol. The molecule has 2 atom stereocenters. The van der Waals surface area contributed by atoms with Gasteiger partial charge in [-0.15, -0.1) is 0 Å². The van der Waals surface area contributed by atoms with Gasteiger partial charge in [-0.3, -0.25) is 4.79 Å². The first-order valence-electron chi connectivity index (χ1n) is 7.31. The molecule has 0 heterocycles. The summed E-state index contributed by atoms with van der Waals surface area (Å²) in [7, 11) is 0. The van der Waals surface area contributed by atoms with Crippen LogP contribution in [0.4, 0.5) is 0 Å². The van der Waals surface area contributed by atoms with Crippen LogP contribution < -0.4 is 5.32 Å². The zero-order chi connectivity index (χ0) is 15.1. The van der Waals surface area contributed by atoms with Crippen LogP contribution >= 0.6 is 0 Å². The van der Waals surface area contributed by atoms with Gasteiger partial charge in [0.1, 0.15) is 5.75 Å². The standard InChI is InChI=1S/C16H26N2O2/c1-5-17-12(3)10-16(20)18(6-2)13(4)14-8-7-9-15(19)11-14/h7-9,11-13,17,19H,5-6,10H2,1-4H3. The quantitative estimate of drug-likeness (QED) is 0.806. The highest BCUT2D eigenvalue weighted by molar-refractivity contribution is 5.77. The molecule has 0 aromatic heterocycles. The fourth-order valence-corrected chi connectivity index (χ4v) is 2.43. The Kier molecular flexibility index (Phi) is 6.52. The lowest BCUT2D eigenvalue weighted by Crippen LogP contribution is -2.38. The number of hydrogen-bond donors (Lipinski definition) is 2. The third-order valence-electron chi connectivity index (χ3n) is 3.51. The van der Waals surface area contributed by atoms with E-state index in [9.17, 15) is 9.90 Å². The van der Waals surface area contributed by atoms with Crippen molar-refractivity contribution in [1.29, 1.82) is 0 Å². The minimum Gasteiger partial charge on any atom is -0.508 e.